The van der Waals surface area contributed by atoms with E-state index in [9.17, 15) is 0 Å². The van der Waals surface area contributed by atoms with Gasteiger partial charge in [-0.1, -0.05) is 12.8 Å². The Labute approximate surface area is 112 Å². The van der Waals surface area contributed by atoms with Crippen molar-refractivity contribution in [1.82, 2.24) is 4.90 Å². The Morgan fingerprint density at radius 3 is 2.72 bits per heavy atom. The van der Waals surface area contributed by atoms with Gasteiger partial charge in [0, 0.05) is 12.6 Å². The summed E-state index contributed by atoms with van der Waals surface area (Å²) in [6.45, 7) is 3.06. The molecule has 1 heterocycles. The van der Waals surface area contributed by atoms with Gasteiger partial charge in [-0.15, -0.1) is 0 Å². The third-order valence-electron chi connectivity index (χ3n) is 4.80. The summed E-state index contributed by atoms with van der Waals surface area (Å²) in [7, 11) is 2.29. The van der Waals surface area contributed by atoms with E-state index in [2.05, 4.69) is 11.9 Å². The summed E-state index contributed by atoms with van der Waals surface area (Å²) in [6, 6.07) is 0.730. The molecule has 0 aromatic rings. The van der Waals surface area contributed by atoms with Gasteiger partial charge in [0.1, 0.15) is 0 Å². The van der Waals surface area contributed by atoms with Crippen LogP contribution >= 0.6 is 0 Å². The van der Waals surface area contributed by atoms with Gasteiger partial charge in [0.2, 0.25) is 0 Å². The maximum Gasteiger partial charge on any atom is 0.0576 e. The monoisotopic (exact) mass is 254 g/mol. The SMILES string of the molecule is CN(CCCC1CCCO1)C1CCCCC1CN. The maximum atomic E-state index is 5.91. The standard InChI is InChI=1S/C15H30N2O/c1-17(10-4-7-14-8-5-11-18-14)15-9-3-2-6-13(15)12-16/h13-15H,2-12,16H2,1H3. The highest BCUT2D eigenvalue weighted by atomic mass is 16.5. The summed E-state index contributed by atoms with van der Waals surface area (Å²) in [5.41, 5.74) is 5.91. The van der Waals surface area contributed by atoms with Crippen LogP contribution in [0, 0.1) is 5.92 Å². The molecule has 2 rings (SSSR count). The Hall–Kier alpha value is -0.120. The smallest absolute Gasteiger partial charge is 0.0576 e. The van der Waals surface area contributed by atoms with Crippen molar-refractivity contribution in [2.24, 2.45) is 11.7 Å². The predicted octanol–water partition coefficient (Wildman–Crippen LogP) is 2.39. The zero-order chi connectivity index (χ0) is 12.8. The van der Waals surface area contributed by atoms with Crippen molar-refractivity contribution in [2.75, 3.05) is 26.7 Å². The highest BCUT2D eigenvalue weighted by Crippen LogP contribution is 2.27. The van der Waals surface area contributed by atoms with Crippen LogP contribution in [0.15, 0.2) is 0 Å². The van der Waals surface area contributed by atoms with Crippen LogP contribution < -0.4 is 5.73 Å². The van der Waals surface area contributed by atoms with Crippen LogP contribution in [0.1, 0.15) is 51.4 Å². The zero-order valence-corrected chi connectivity index (χ0v) is 11.9. The molecule has 0 bridgehead atoms. The lowest BCUT2D eigenvalue weighted by molar-refractivity contribution is 0.0906. The van der Waals surface area contributed by atoms with Crippen LogP contribution in [0.2, 0.25) is 0 Å². The molecule has 0 aromatic carbocycles. The normalized spacial score (nSPS) is 33.2. The van der Waals surface area contributed by atoms with E-state index in [4.69, 9.17) is 10.5 Å². The molecule has 1 aliphatic heterocycles. The lowest BCUT2D eigenvalue weighted by Crippen LogP contribution is -2.43. The lowest BCUT2D eigenvalue weighted by atomic mass is 9.83. The van der Waals surface area contributed by atoms with E-state index in [-0.39, 0.29) is 0 Å². The molecule has 1 saturated heterocycles. The first-order valence-corrected chi connectivity index (χ1v) is 7.83. The number of nitrogens with zero attached hydrogens (tertiary/aromatic N) is 1. The Morgan fingerprint density at radius 1 is 1.17 bits per heavy atom. The molecule has 3 nitrogen and oxygen atoms in total. The molecule has 2 fully saturated rings. The largest absolute Gasteiger partial charge is 0.378 e. The maximum absolute atomic E-state index is 5.91. The minimum Gasteiger partial charge on any atom is -0.378 e. The second-order valence-electron chi connectivity index (χ2n) is 6.11. The van der Waals surface area contributed by atoms with Gasteiger partial charge in [0.25, 0.3) is 0 Å². The highest BCUT2D eigenvalue weighted by molar-refractivity contribution is 4.82. The summed E-state index contributed by atoms with van der Waals surface area (Å²) in [4.78, 5) is 2.56. The van der Waals surface area contributed by atoms with E-state index in [0.29, 0.717) is 6.10 Å². The Morgan fingerprint density at radius 2 is 2.00 bits per heavy atom. The first kappa shape index (κ1) is 14.3. The number of hydrogen-bond acceptors (Lipinski definition) is 3. The van der Waals surface area contributed by atoms with E-state index < -0.39 is 0 Å². The summed E-state index contributed by atoms with van der Waals surface area (Å²) in [5.74, 6) is 0.728. The summed E-state index contributed by atoms with van der Waals surface area (Å²) < 4.78 is 5.68. The number of hydrogen-bond donors (Lipinski definition) is 1. The first-order chi connectivity index (χ1) is 8.81. The van der Waals surface area contributed by atoms with Crippen LogP contribution in [0.3, 0.4) is 0 Å². The molecule has 0 radical (unpaired) electrons. The Bertz CT molecular complexity index is 229. The van der Waals surface area contributed by atoms with Crippen molar-refractivity contribution in [3.8, 4) is 0 Å². The van der Waals surface area contributed by atoms with E-state index >= 15 is 0 Å². The topological polar surface area (TPSA) is 38.5 Å². The molecule has 2 aliphatic rings. The number of nitrogens with two attached hydrogens (primary N) is 1. The molecule has 106 valence electrons. The van der Waals surface area contributed by atoms with Crippen molar-refractivity contribution < 1.29 is 4.74 Å². The molecule has 3 heteroatoms. The van der Waals surface area contributed by atoms with E-state index in [1.54, 1.807) is 0 Å². The van der Waals surface area contributed by atoms with Crippen LogP contribution in [0.25, 0.3) is 0 Å². The van der Waals surface area contributed by atoms with Crippen molar-refractivity contribution in [1.29, 1.82) is 0 Å². The molecular weight excluding hydrogens is 224 g/mol. The average molecular weight is 254 g/mol. The first-order valence-electron chi connectivity index (χ1n) is 7.83. The van der Waals surface area contributed by atoms with Crippen molar-refractivity contribution in [2.45, 2.75) is 63.5 Å². The molecule has 3 unspecified atom stereocenters. The molecule has 3 atom stereocenters. The molecule has 0 spiro atoms. The highest BCUT2D eigenvalue weighted by Gasteiger charge is 2.27. The van der Waals surface area contributed by atoms with Gasteiger partial charge < -0.3 is 15.4 Å². The minimum absolute atomic E-state index is 0.551. The van der Waals surface area contributed by atoms with Gasteiger partial charge in [-0.25, -0.2) is 0 Å². The molecule has 0 amide bonds. The molecule has 0 aromatic heterocycles. The van der Waals surface area contributed by atoms with Crippen LogP contribution in [-0.2, 0) is 4.74 Å². The van der Waals surface area contributed by atoms with Crippen molar-refractivity contribution in [3.05, 3.63) is 0 Å². The van der Waals surface area contributed by atoms with Crippen LogP contribution in [0.5, 0.6) is 0 Å². The van der Waals surface area contributed by atoms with Crippen molar-refractivity contribution in [3.63, 3.8) is 0 Å². The zero-order valence-electron chi connectivity index (χ0n) is 11.9. The fourth-order valence-electron chi connectivity index (χ4n) is 3.65. The van der Waals surface area contributed by atoms with Gasteiger partial charge in [-0.05, 0) is 64.6 Å². The van der Waals surface area contributed by atoms with Gasteiger partial charge in [-0.3, -0.25) is 0 Å². The van der Waals surface area contributed by atoms with Gasteiger partial charge >= 0.3 is 0 Å². The third-order valence-corrected chi connectivity index (χ3v) is 4.80. The molecule has 2 N–H and O–H groups in total. The van der Waals surface area contributed by atoms with E-state index in [0.717, 1.165) is 25.1 Å². The predicted molar refractivity (Wildman–Crippen MR) is 75.6 cm³/mol. The average Bonchev–Trinajstić information content (AvgIpc) is 2.91. The fraction of sp³-hybridized carbons (Fsp3) is 1.00. The number of ether oxygens (including phenoxy) is 1. The summed E-state index contributed by atoms with van der Waals surface area (Å²) in [6.07, 6.45) is 11.0. The third kappa shape index (κ3) is 3.94. The van der Waals surface area contributed by atoms with Crippen molar-refractivity contribution >= 4 is 0 Å². The molecule has 1 saturated carbocycles. The quantitative estimate of drug-likeness (QED) is 0.791. The van der Waals surface area contributed by atoms with Gasteiger partial charge in [0.15, 0.2) is 0 Å². The Balaban J connectivity index is 1.67. The molecule has 18 heavy (non-hydrogen) atoms. The summed E-state index contributed by atoms with van der Waals surface area (Å²) >= 11 is 0. The lowest BCUT2D eigenvalue weighted by Gasteiger charge is -2.37. The second-order valence-corrected chi connectivity index (χ2v) is 6.11. The van der Waals surface area contributed by atoms with Crippen LogP contribution in [0.4, 0.5) is 0 Å². The molecule has 1 aliphatic carbocycles. The van der Waals surface area contributed by atoms with Crippen LogP contribution in [-0.4, -0.2) is 43.8 Å². The molecular formula is C15H30N2O. The summed E-state index contributed by atoms with van der Waals surface area (Å²) in [5, 5.41) is 0. The van der Waals surface area contributed by atoms with E-state index in [1.807, 2.05) is 0 Å². The number of rotatable bonds is 6. The van der Waals surface area contributed by atoms with E-state index in [1.165, 1.54) is 57.9 Å². The fourth-order valence-corrected chi connectivity index (χ4v) is 3.65. The Kier molecular flexibility index (Phi) is 5.93. The minimum atomic E-state index is 0.551. The van der Waals surface area contributed by atoms with Gasteiger partial charge in [0.05, 0.1) is 6.10 Å². The van der Waals surface area contributed by atoms with Gasteiger partial charge in [-0.2, -0.15) is 0 Å². The second kappa shape index (κ2) is 7.46.